The molecule has 0 radical (unpaired) electrons. The van der Waals surface area contributed by atoms with Gasteiger partial charge in [-0.2, -0.15) is 0 Å². The zero-order valence-corrected chi connectivity index (χ0v) is 16.3. The van der Waals surface area contributed by atoms with Crippen LogP contribution in [0.2, 0.25) is 0 Å². The molecule has 148 valence electrons. The molecule has 28 heavy (non-hydrogen) atoms. The highest BCUT2D eigenvalue weighted by molar-refractivity contribution is 6.02. The van der Waals surface area contributed by atoms with Gasteiger partial charge in [-0.15, -0.1) is 0 Å². The summed E-state index contributed by atoms with van der Waals surface area (Å²) in [7, 11) is 0. The quantitative estimate of drug-likeness (QED) is 0.776. The third-order valence-electron chi connectivity index (χ3n) is 5.08. The monoisotopic (exact) mass is 383 g/mol. The summed E-state index contributed by atoms with van der Waals surface area (Å²) in [5.74, 6) is -1.07. The van der Waals surface area contributed by atoms with Crippen molar-refractivity contribution >= 4 is 23.5 Å². The molecule has 0 saturated carbocycles. The van der Waals surface area contributed by atoms with Crippen LogP contribution in [-0.2, 0) is 16.1 Å². The van der Waals surface area contributed by atoms with Gasteiger partial charge >= 0.3 is 5.97 Å². The second-order valence-electron chi connectivity index (χ2n) is 6.92. The second kappa shape index (κ2) is 8.29. The molecule has 2 atom stereocenters. The van der Waals surface area contributed by atoms with E-state index < -0.39 is 12.0 Å². The van der Waals surface area contributed by atoms with Crippen LogP contribution in [0.5, 0.6) is 0 Å². The normalized spacial score (nSPS) is 17.3. The van der Waals surface area contributed by atoms with E-state index in [1.54, 1.807) is 17.9 Å². The number of carbonyl (C=O) groups is 3. The van der Waals surface area contributed by atoms with Crippen molar-refractivity contribution in [2.45, 2.75) is 39.8 Å². The van der Waals surface area contributed by atoms with E-state index in [-0.39, 0.29) is 35.7 Å². The zero-order valence-electron chi connectivity index (χ0n) is 16.3. The molecule has 1 aromatic carbocycles. The van der Waals surface area contributed by atoms with Gasteiger partial charge in [-0.25, -0.2) is 4.79 Å². The van der Waals surface area contributed by atoms with Crippen molar-refractivity contribution in [1.82, 2.24) is 9.88 Å². The van der Waals surface area contributed by atoms with E-state index in [9.17, 15) is 14.4 Å². The number of H-pyrrole nitrogens is 1. The average Bonchev–Trinajstić information content (AvgIpc) is 3.13. The van der Waals surface area contributed by atoms with E-state index in [0.717, 1.165) is 17.7 Å². The third kappa shape index (κ3) is 3.78. The molecule has 0 bridgehead atoms. The largest absolute Gasteiger partial charge is 0.461 e. The maximum Gasteiger partial charge on any atom is 0.354 e. The number of nitrogens with zero attached hydrogens (tertiary/aromatic N) is 1. The lowest BCUT2D eigenvalue weighted by Crippen LogP contribution is -2.49. The second-order valence-corrected chi connectivity index (χ2v) is 6.92. The molecule has 2 aromatic rings. The van der Waals surface area contributed by atoms with Crippen LogP contribution in [0.15, 0.2) is 36.4 Å². The van der Waals surface area contributed by atoms with Crippen LogP contribution in [0.1, 0.15) is 53.7 Å². The van der Waals surface area contributed by atoms with E-state index in [4.69, 9.17) is 4.74 Å². The van der Waals surface area contributed by atoms with Crippen LogP contribution in [0, 0.1) is 5.92 Å². The molecule has 0 aliphatic carbocycles. The predicted octanol–water partition coefficient (Wildman–Crippen LogP) is 3.20. The van der Waals surface area contributed by atoms with Crippen molar-refractivity contribution in [2.24, 2.45) is 5.92 Å². The molecule has 1 aliphatic heterocycles. The van der Waals surface area contributed by atoms with Gasteiger partial charge in [-0.1, -0.05) is 38.5 Å². The number of rotatable bonds is 5. The number of aromatic amines is 1. The van der Waals surface area contributed by atoms with E-state index >= 15 is 0 Å². The van der Waals surface area contributed by atoms with Crippen LogP contribution in [-0.4, -0.2) is 40.3 Å². The van der Waals surface area contributed by atoms with Gasteiger partial charge in [-0.05, 0) is 36.6 Å². The standard InChI is InChI=1S/C21H25N3O4/c1-4-13(3)18-19(25)23-15-9-7-6-8-14(15)12-24(18)20(26)16-10-11-17(22-16)21(27)28-5-2/h6-11,13,18,22H,4-5,12H2,1-3H3,(H,23,25). The van der Waals surface area contributed by atoms with E-state index in [2.05, 4.69) is 10.3 Å². The van der Waals surface area contributed by atoms with E-state index in [1.165, 1.54) is 6.07 Å². The molecule has 0 saturated heterocycles. The highest BCUT2D eigenvalue weighted by Gasteiger charge is 2.37. The van der Waals surface area contributed by atoms with Gasteiger partial charge in [0.2, 0.25) is 5.91 Å². The SMILES string of the molecule is CCOC(=O)c1ccc(C(=O)N2Cc3ccccc3NC(=O)C2C(C)CC)[nH]1. The van der Waals surface area contributed by atoms with Gasteiger partial charge in [0.15, 0.2) is 0 Å². The number of benzene rings is 1. The Morgan fingerprint density at radius 1 is 1.18 bits per heavy atom. The Morgan fingerprint density at radius 2 is 1.89 bits per heavy atom. The highest BCUT2D eigenvalue weighted by Crippen LogP contribution is 2.28. The molecule has 2 N–H and O–H groups in total. The number of hydrogen-bond donors (Lipinski definition) is 2. The van der Waals surface area contributed by atoms with Crippen LogP contribution in [0.4, 0.5) is 5.69 Å². The minimum absolute atomic E-state index is 0.0299. The smallest absolute Gasteiger partial charge is 0.354 e. The first kappa shape index (κ1) is 19.7. The minimum Gasteiger partial charge on any atom is -0.461 e. The Balaban J connectivity index is 1.96. The van der Waals surface area contributed by atoms with Gasteiger partial charge in [0, 0.05) is 12.2 Å². The van der Waals surface area contributed by atoms with Gasteiger partial charge in [-0.3, -0.25) is 9.59 Å². The predicted molar refractivity (Wildman–Crippen MR) is 105 cm³/mol. The average molecular weight is 383 g/mol. The number of anilines is 1. The zero-order chi connectivity index (χ0) is 20.3. The topological polar surface area (TPSA) is 91.5 Å². The summed E-state index contributed by atoms with van der Waals surface area (Å²) in [5, 5.41) is 2.95. The summed E-state index contributed by atoms with van der Waals surface area (Å²) in [6.07, 6.45) is 0.747. The van der Waals surface area contributed by atoms with Crippen molar-refractivity contribution < 1.29 is 19.1 Å². The van der Waals surface area contributed by atoms with Crippen LogP contribution in [0.3, 0.4) is 0 Å². The number of carbonyl (C=O) groups excluding carboxylic acids is 3. The lowest BCUT2D eigenvalue weighted by molar-refractivity contribution is -0.122. The number of nitrogens with one attached hydrogen (secondary N) is 2. The summed E-state index contributed by atoms with van der Waals surface area (Å²) >= 11 is 0. The number of para-hydroxylation sites is 1. The van der Waals surface area contributed by atoms with Crippen LogP contribution >= 0.6 is 0 Å². The number of aromatic nitrogens is 1. The fraction of sp³-hybridized carbons (Fsp3) is 0.381. The highest BCUT2D eigenvalue weighted by atomic mass is 16.5. The molecule has 7 nitrogen and oxygen atoms in total. The minimum atomic E-state index is -0.612. The molecule has 7 heteroatoms. The van der Waals surface area contributed by atoms with Gasteiger partial charge < -0.3 is 19.9 Å². The molecule has 2 unspecified atom stereocenters. The van der Waals surface area contributed by atoms with Gasteiger partial charge in [0.1, 0.15) is 17.4 Å². The van der Waals surface area contributed by atoms with Gasteiger partial charge in [0.05, 0.1) is 6.61 Å². The number of hydrogen-bond acceptors (Lipinski definition) is 4. The maximum absolute atomic E-state index is 13.3. The molecule has 1 aromatic heterocycles. The first-order valence-electron chi connectivity index (χ1n) is 9.52. The van der Waals surface area contributed by atoms with E-state index in [1.807, 2.05) is 38.1 Å². The Kier molecular flexibility index (Phi) is 5.82. The molecule has 1 aliphatic rings. The van der Waals surface area contributed by atoms with E-state index in [0.29, 0.717) is 6.54 Å². The summed E-state index contributed by atoms with van der Waals surface area (Å²) < 4.78 is 4.97. The number of ether oxygens (including phenoxy) is 1. The number of fused-ring (bicyclic) bond motifs is 1. The molecular weight excluding hydrogens is 358 g/mol. The lowest BCUT2D eigenvalue weighted by atomic mass is 9.96. The summed E-state index contributed by atoms with van der Waals surface area (Å²) in [6.45, 7) is 6.22. The fourth-order valence-corrected chi connectivity index (χ4v) is 3.40. The summed E-state index contributed by atoms with van der Waals surface area (Å²) in [5.41, 5.74) is 2.05. The lowest BCUT2D eigenvalue weighted by Gasteiger charge is -2.32. The third-order valence-corrected chi connectivity index (χ3v) is 5.08. The van der Waals surface area contributed by atoms with Crippen LogP contribution in [0.25, 0.3) is 0 Å². The maximum atomic E-state index is 13.3. The molecule has 2 heterocycles. The molecule has 2 amide bonds. The molecule has 0 spiro atoms. The van der Waals surface area contributed by atoms with Crippen molar-refractivity contribution in [2.75, 3.05) is 11.9 Å². The summed E-state index contributed by atoms with van der Waals surface area (Å²) in [6, 6.07) is 9.93. The molecule has 0 fully saturated rings. The Hall–Kier alpha value is -3.09. The Labute approximate surface area is 164 Å². The first-order chi connectivity index (χ1) is 13.5. The number of esters is 1. The van der Waals surface area contributed by atoms with Crippen molar-refractivity contribution in [3.63, 3.8) is 0 Å². The van der Waals surface area contributed by atoms with Crippen molar-refractivity contribution in [3.8, 4) is 0 Å². The summed E-state index contributed by atoms with van der Waals surface area (Å²) in [4.78, 5) is 42.5. The first-order valence-corrected chi connectivity index (χ1v) is 9.52. The Morgan fingerprint density at radius 3 is 2.61 bits per heavy atom. The molecular formula is C21H25N3O4. The van der Waals surface area contributed by atoms with Gasteiger partial charge in [0.25, 0.3) is 5.91 Å². The Bertz CT molecular complexity index is 889. The number of amides is 2. The van der Waals surface area contributed by atoms with Crippen molar-refractivity contribution in [1.29, 1.82) is 0 Å². The van der Waals surface area contributed by atoms with Crippen molar-refractivity contribution in [3.05, 3.63) is 53.3 Å². The fourth-order valence-electron chi connectivity index (χ4n) is 3.40. The van der Waals surface area contributed by atoms with Crippen LogP contribution < -0.4 is 5.32 Å². The molecule has 3 rings (SSSR count).